The molecular formula is C34H34BrClN4O5. The van der Waals surface area contributed by atoms with E-state index in [1.807, 2.05) is 36.4 Å². The number of ketones is 1. The number of fused-ring (bicyclic) bond motifs is 2. The van der Waals surface area contributed by atoms with Gasteiger partial charge in [0.15, 0.2) is 5.78 Å². The van der Waals surface area contributed by atoms with E-state index >= 15 is 0 Å². The van der Waals surface area contributed by atoms with E-state index in [9.17, 15) is 19.2 Å². The number of methoxy groups -OCH3 is 1. The molecule has 0 spiro atoms. The summed E-state index contributed by atoms with van der Waals surface area (Å²) in [6, 6.07) is 21.7. The number of hydrogen-bond acceptors (Lipinski definition) is 6. The molecule has 2 N–H and O–H groups in total. The number of halogens is 2. The third kappa shape index (κ3) is 6.88. The molecule has 0 radical (unpaired) electrons. The molecule has 3 amide bonds. The molecule has 11 heteroatoms. The highest BCUT2D eigenvalue weighted by molar-refractivity contribution is 9.10. The zero-order valence-corrected chi connectivity index (χ0v) is 27.7. The predicted octanol–water partition coefficient (Wildman–Crippen LogP) is 5.52. The molecule has 5 rings (SSSR count). The zero-order valence-electron chi connectivity index (χ0n) is 25.3. The largest absolute Gasteiger partial charge is 0.496 e. The predicted molar refractivity (Wildman–Crippen MR) is 182 cm³/mol. The van der Waals surface area contributed by atoms with E-state index in [0.717, 1.165) is 20.8 Å². The number of Topliss-reactive ketones (excluding diaryl/α,β-unsaturated/α-hetero) is 1. The first kappa shape index (κ1) is 33.6. The minimum atomic E-state index is -1.05. The molecule has 0 aromatic heterocycles. The van der Waals surface area contributed by atoms with Crippen molar-refractivity contribution in [2.45, 2.75) is 32.5 Å². The number of nitrogens with one attached hydrogen (secondary N) is 2. The summed E-state index contributed by atoms with van der Waals surface area (Å²) in [7, 11) is 3.24. The van der Waals surface area contributed by atoms with Crippen LogP contribution in [0.1, 0.15) is 40.1 Å². The number of para-hydroxylation sites is 2. The number of carbonyl (C=O) groups excluding carboxylic acids is 4. The van der Waals surface area contributed by atoms with Crippen LogP contribution in [0.5, 0.6) is 5.75 Å². The second-order valence-corrected chi connectivity index (χ2v) is 11.6. The van der Waals surface area contributed by atoms with Crippen LogP contribution in [0.25, 0.3) is 10.8 Å². The minimum Gasteiger partial charge on any atom is -0.496 e. The summed E-state index contributed by atoms with van der Waals surface area (Å²) < 4.78 is 6.67. The van der Waals surface area contributed by atoms with Gasteiger partial charge in [-0.3, -0.25) is 19.2 Å². The second-order valence-electron chi connectivity index (χ2n) is 10.6. The van der Waals surface area contributed by atoms with Gasteiger partial charge < -0.3 is 25.2 Å². The number of amides is 3. The van der Waals surface area contributed by atoms with Gasteiger partial charge in [0.25, 0.3) is 11.8 Å². The number of anilines is 2. The first-order valence-corrected chi connectivity index (χ1v) is 15.0. The third-order valence-corrected chi connectivity index (χ3v) is 8.40. The Morgan fingerprint density at radius 2 is 1.64 bits per heavy atom. The molecule has 0 saturated carbocycles. The van der Waals surface area contributed by atoms with Gasteiger partial charge in [-0.25, -0.2) is 0 Å². The highest BCUT2D eigenvalue weighted by Crippen LogP contribution is 2.38. The van der Waals surface area contributed by atoms with Gasteiger partial charge in [0.1, 0.15) is 11.8 Å². The molecule has 0 saturated heterocycles. The maximum Gasteiger partial charge on any atom is 0.258 e. The molecule has 1 aliphatic rings. The zero-order chi connectivity index (χ0) is 31.5. The van der Waals surface area contributed by atoms with Gasteiger partial charge in [-0.1, -0.05) is 52.3 Å². The molecule has 0 fully saturated rings. The van der Waals surface area contributed by atoms with Crippen molar-refractivity contribution >= 4 is 74.0 Å². The third-order valence-electron chi connectivity index (χ3n) is 7.91. The first-order chi connectivity index (χ1) is 21.1. The number of ether oxygens (including phenoxy) is 1. The fourth-order valence-electron chi connectivity index (χ4n) is 5.34. The molecule has 9 nitrogen and oxygen atoms in total. The lowest BCUT2D eigenvalue weighted by molar-refractivity contribution is -0.128. The molecule has 0 aliphatic carbocycles. The molecular weight excluding hydrogens is 660 g/mol. The summed E-state index contributed by atoms with van der Waals surface area (Å²) in [5, 5.41) is 7.65. The van der Waals surface area contributed by atoms with E-state index in [-0.39, 0.29) is 49.0 Å². The Kier molecular flexibility index (Phi) is 10.6. The molecule has 2 atom stereocenters. The van der Waals surface area contributed by atoms with Gasteiger partial charge in [-0.15, -0.1) is 12.4 Å². The average Bonchev–Trinajstić information content (AvgIpc) is 3.14. The van der Waals surface area contributed by atoms with Crippen molar-refractivity contribution in [1.29, 1.82) is 0 Å². The maximum absolute atomic E-state index is 14.4. The topological polar surface area (TPSA) is 108 Å². The molecule has 0 bridgehead atoms. The van der Waals surface area contributed by atoms with Crippen molar-refractivity contribution in [2.75, 3.05) is 30.5 Å². The lowest BCUT2D eigenvalue weighted by Crippen LogP contribution is -2.55. The van der Waals surface area contributed by atoms with E-state index in [4.69, 9.17) is 4.74 Å². The number of carbonyl (C=O) groups is 4. The van der Waals surface area contributed by atoms with Crippen molar-refractivity contribution in [2.24, 2.45) is 0 Å². The van der Waals surface area contributed by atoms with Gasteiger partial charge in [0, 0.05) is 21.2 Å². The monoisotopic (exact) mass is 692 g/mol. The number of rotatable bonds is 8. The van der Waals surface area contributed by atoms with Crippen LogP contribution < -0.4 is 25.2 Å². The van der Waals surface area contributed by atoms with Crippen LogP contribution in [0.4, 0.5) is 11.4 Å². The van der Waals surface area contributed by atoms with Gasteiger partial charge in [0.05, 0.1) is 37.6 Å². The van der Waals surface area contributed by atoms with Gasteiger partial charge in [0.2, 0.25) is 5.91 Å². The van der Waals surface area contributed by atoms with Crippen molar-refractivity contribution in [1.82, 2.24) is 10.6 Å². The van der Waals surface area contributed by atoms with Crippen LogP contribution in [0.2, 0.25) is 0 Å². The molecule has 1 heterocycles. The highest BCUT2D eigenvalue weighted by Gasteiger charge is 2.38. The molecule has 234 valence electrons. The minimum absolute atomic E-state index is 0. The summed E-state index contributed by atoms with van der Waals surface area (Å²) in [6.07, 6.45) is 0. The Labute approximate surface area is 276 Å². The van der Waals surface area contributed by atoms with Crippen LogP contribution in [-0.4, -0.2) is 56.3 Å². The summed E-state index contributed by atoms with van der Waals surface area (Å²) in [5.74, 6) is -0.606. The fourth-order valence-corrected chi connectivity index (χ4v) is 5.72. The molecule has 45 heavy (non-hydrogen) atoms. The van der Waals surface area contributed by atoms with E-state index in [0.29, 0.717) is 28.3 Å². The molecule has 2 unspecified atom stereocenters. The smallest absolute Gasteiger partial charge is 0.258 e. The Morgan fingerprint density at radius 1 is 0.978 bits per heavy atom. The van der Waals surface area contributed by atoms with Crippen molar-refractivity contribution < 1.29 is 23.9 Å². The van der Waals surface area contributed by atoms with Gasteiger partial charge in [-0.2, -0.15) is 0 Å². The number of nitrogens with zero attached hydrogens (tertiary/aromatic N) is 2. The maximum atomic E-state index is 14.4. The lowest BCUT2D eigenvalue weighted by atomic mass is 10.0. The highest BCUT2D eigenvalue weighted by atomic mass is 79.9. The van der Waals surface area contributed by atoms with Crippen molar-refractivity contribution in [3.05, 3.63) is 100 Å². The van der Waals surface area contributed by atoms with Crippen molar-refractivity contribution in [3.8, 4) is 5.75 Å². The van der Waals surface area contributed by atoms with Crippen LogP contribution in [-0.2, 0) is 16.1 Å². The quantitative estimate of drug-likeness (QED) is 0.236. The summed E-state index contributed by atoms with van der Waals surface area (Å²) in [6.45, 7) is 3.19. The Morgan fingerprint density at radius 3 is 2.29 bits per heavy atom. The van der Waals surface area contributed by atoms with Crippen molar-refractivity contribution in [3.63, 3.8) is 0 Å². The van der Waals surface area contributed by atoms with Crippen LogP contribution >= 0.6 is 28.3 Å². The Bertz CT molecular complexity index is 1760. The summed E-state index contributed by atoms with van der Waals surface area (Å²) in [4.78, 5) is 56.5. The standard InChI is InChI=1S/C34H33BrN4O5.ClH/c1-20(36-3)32(41)37-28-19-39(33(42)23-11-9-22(10-12-23)21(2)40)30-8-6-5-7-29(30)38(34(28)43)18-27-26-15-14-25(35)17-24(26)13-16-31(27)44-4;/h5-17,20,28,36H,18-19H2,1-4H3,(H,37,41);1H. The van der Waals surface area contributed by atoms with E-state index in [1.54, 1.807) is 68.4 Å². The van der Waals surface area contributed by atoms with Gasteiger partial charge in [-0.05, 0) is 74.1 Å². The molecule has 1 aliphatic heterocycles. The lowest BCUT2D eigenvalue weighted by Gasteiger charge is -2.27. The van der Waals surface area contributed by atoms with Crippen LogP contribution in [0.15, 0.2) is 83.3 Å². The fraction of sp³-hybridized carbons (Fsp3) is 0.235. The van der Waals surface area contributed by atoms with Gasteiger partial charge >= 0.3 is 0 Å². The number of benzene rings is 4. The SMILES string of the molecule is CNC(C)C(=O)NC1CN(C(=O)c2ccc(C(C)=O)cc2)c2ccccc2N(Cc2c(OC)ccc3cc(Br)ccc23)C1=O.Cl. The summed E-state index contributed by atoms with van der Waals surface area (Å²) >= 11 is 3.54. The van der Waals surface area contributed by atoms with Crippen LogP contribution in [0.3, 0.4) is 0 Å². The number of likely N-dealkylation sites (N-methyl/N-ethyl adjacent to an activating group) is 1. The van der Waals surface area contributed by atoms with E-state index in [2.05, 4.69) is 26.6 Å². The second kappa shape index (κ2) is 14.2. The Balaban J connectivity index is 0.00000461. The Hall–Kier alpha value is -4.25. The van der Waals surface area contributed by atoms with Crippen LogP contribution in [0, 0.1) is 0 Å². The van der Waals surface area contributed by atoms with E-state index < -0.39 is 12.1 Å². The first-order valence-electron chi connectivity index (χ1n) is 14.2. The summed E-state index contributed by atoms with van der Waals surface area (Å²) in [5.41, 5.74) is 2.65. The molecule has 4 aromatic carbocycles. The van der Waals surface area contributed by atoms with E-state index in [1.165, 1.54) is 11.8 Å². The molecule has 4 aromatic rings. The number of hydrogen-bond donors (Lipinski definition) is 2. The average molecular weight is 694 g/mol. The normalized spacial score (nSPS) is 15.0.